The highest BCUT2D eigenvalue weighted by molar-refractivity contribution is 6.06. The van der Waals surface area contributed by atoms with E-state index in [1.54, 1.807) is 0 Å². The first-order valence-corrected chi connectivity index (χ1v) is 19.6. The van der Waals surface area contributed by atoms with Gasteiger partial charge in [-0.25, -0.2) is 0 Å². The Balaban J connectivity index is 1.07. The minimum absolute atomic E-state index is 0.123. The number of hydrogen-bond acceptors (Lipinski definition) is 1. The van der Waals surface area contributed by atoms with Crippen LogP contribution in [0.3, 0.4) is 0 Å². The van der Waals surface area contributed by atoms with E-state index >= 15 is 0 Å². The number of anilines is 3. The number of aromatic nitrogens is 1. The summed E-state index contributed by atoms with van der Waals surface area (Å²) in [5.74, 6) is 0. The van der Waals surface area contributed by atoms with Crippen molar-refractivity contribution in [1.82, 2.24) is 4.57 Å². The molecule has 1 aromatic heterocycles. The third-order valence-electron chi connectivity index (χ3n) is 11.4. The molecule has 8 aromatic carbocycles. The standard InChI is InChI=1S/C55H42N2/c1-55(2)50-26-16-15-25-47(50)48-36-34-46(38-51(48)55)56(43-21-11-5-12-22-43)45-32-29-39(30-33-45)27-28-40-31-35-49-52(37-40)57(44-23-13-6-14-24-44)54(42-19-9-4-10-20-42)53(49)41-17-7-3-8-18-41/h3-38H,1-2H3/b28-27+/i27D,28D. The van der Waals surface area contributed by atoms with Crippen LogP contribution in [0.1, 0.15) is 38.8 Å². The predicted octanol–water partition coefficient (Wildman–Crippen LogP) is 14.9. The second-order valence-electron chi connectivity index (χ2n) is 15.2. The first kappa shape index (κ1) is 32.1. The molecule has 9 aromatic rings. The molecular weight excluding hydrogens is 689 g/mol. The molecule has 2 heteroatoms. The smallest absolute Gasteiger partial charge is 0.0629 e. The summed E-state index contributed by atoms with van der Waals surface area (Å²) in [6, 6.07) is 72.1. The topological polar surface area (TPSA) is 8.17 Å². The molecule has 0 amide bonds. The summed E-state index contributed by atoms with van der Waals surface area (Å²) < 4.78 is 21.1. The summed E-state index contributed by atoms with van der Waals surface area (Å²) in [6.07, 6.45) is 0. The number of rotatable bonds is 8. The van der Waals surface area contributed by atoms with Crippen molar-refractivity contribution in [2.24, 2.45) is 0 Å². The van der Waals surface area contributed by atoms with Gasteiger partial charge < -0.3 is 9.47 Å². The summed E-state index contributed by atoms with van der Waals surface area (Å²) in [5.41, 5.74) is 16.1. The minimum Gasteiger partial charge on any atom is -0.310 e. The van der Waals surface area contributed by atoms with Crippen LogP contribution in [-0.2, 0) is 5.41 Å². The van der Waals surface area contributed by atoms with Crippen molar-refractivity contribution in [2.75, 3.05) is 4.90 Å². The molecule has 2 nitrogen and oxygen atoms in total. The van der Waals surface area contributed by atoms with Gasteiger partial charge in [-0.2, -0.15) is 0 Å². The first-order valence-electron chi connectivity index (χ1n) is 20.6. The van der Waals surface area contributed by atoms with Gasteiger partial charge in [0.1, 0.15) is 0 Å². The van der Waals surface area contributed by atoms with Gasteiger partial charge in [0.05, 0.1) is 14.0 Å². The van der Waals surface area contributed by atoms with Crippen molar-refractivity contribution < 1.29 is 2.74 Å². The highest BCUT2D eigenvalue weighted by Gasteiger charge is 2.35. The first-order chi connectivity index (χ1) is 28.9. The maximum absolute atomic E-state index is 9.44. The highest BCUT2D eigenvalue weighted by Crippen LogP contribution is 2.50. The zero-order valence-electron chi connectivity index (χ0n) is 34.0. The molecule has 272 valence electrons. The van der Waals surface area contributed by atoms with Crippen LogP contribution in [0, 0.1) is 0 Å². The molecule has 0 spiro atoms. The quantitative estimate of drug-likeness (QED) is 0.141. The fourth-order valence-electron chi connectivity index (χ4n) is 8.67. The number of hydrogen-bond donors (Lipinski definition) is 0. The molecule has 0 aliphatic heterocycles. The van der Waals surface area contributed by atoms with Crippen LogP contribution in [0.25, 0.3) is 62.2 Å². The largest absolute Gasteiger partial charge is 0.310 e. The third-order valence-corrected chi connectivity index (χ3v) is 11.4. The molecule has 1 heterocycles. The molecule has 10 rings (SSSR count). The number of para-hydroxylation sites is 2. The lowest BCUT2D eigenvalue weighted by Gasteiger charge is -2.28. The molecule has 0 radical (unpaired) electrons. The molecule has 1 aliphatic rings. The number of nitrogens with zero attached hydrogens (tertiary/aromatic N) is 2. The molecule has 0 saturated carbocycles. The Hall–Kier alpha value is -7.16. The molecule has 0 N–H and O–H groups in total. The monoisotopic (exact) mass is 732 g/mol. The normalized spacial score (nSPS) is 13.6. The molecule has 0 saturated heterocycles. The molecular formula is C55H42N2. The van der Waals surface area contributed by atoms with Crippen molar-refractivity contribution in [2.45, 2.75) is 19.3 Å². The van der Waals surface area contributed by atoms with Crippen LogP contribution >= 0.6 is 0 Å². The highest BCUT2D eigenvalue weighted by atomic mass is 15.1. The van der Waals surface area contributed by atoms with E-state index in [0.717, 1.165) is 56.0 Å². The zero-order valence-corrected chi connectivity index (χ0v) is 32.0. The molecule has 57 heavy (non-hydrogen) atoms. The van der Waals surface area contributed by atoms with Crippen molar-refractivity contribution in [3.8, 4) is 39.2 Å². The average Bonchev–Trinajstić information content (AvgIpc) is 3.76. The van der Waals surface area contributed by atoms with Crippen LogP contribution in [-0.4, -0.2) is 4.57 Å². The maximum atomic E-state index is 9.44. The van der Waals surface area contributed by atoms with Crippen LogP contribution in [0.4, 0.5) is 17.1 Å². The van der Waals surface area contributed by atoms with Gasteiger partial charge in [0, 0.05) is 39.1 Å². The van der Waals surface area contributed by atoms with Crippen molar-refractivity contribution >= 4 is 40.1 Å². The maximum Gasteiger partial charge on any atom is 0.0629 e. The molecule has 0 fully saturated rings. The van der Waals surface area contributed by atoms with E-state index in [1.807, 2.05) is 42.5 Å². The summed E-state index contributed by atoms with van der Waals surface area (Å²) in [7, 11) is 0. The minimum atomic E-state index is -0.123. The van der Waals surface area contributed by atoms with Gasteiger partial charge in [0.25, 0.3) is 0 Å². The summed E-state index contributed by atoms with van der Waals surface area (Å²) in [6.45, 7) is 4.62. The van der Waals surface area contributed by atoms with Gasteiger partial charge in [-0.15, -0.1) is 0 Å². The van der Waals surface area contributed by atoms with Gasteiger partial charge in [-0.1, -0.05) is 178 Å². The van der Waals surface area contributed by atoms with Gasteiger partial charge in [0.2, 0.25) is 0 Å². The number of fused-ring (bicyclic) bond motifs is 4. The Bertz CT molecular complexity index is 3000. The summed E-state index contributed by atoms with van der Waals surface area (Å²) in [5, 5.41) is 1.09. The molecule has 0 bridgehead atoms. The summed E-state index contributed by atoms with van der Waals surface area (Å²) in [4.78, 5) is 2.28. The lowest BCUT2D eigenvalue weighted by Crippen LogP contribution is -2.16. The summed E-state index contributed by atoms with van der Waals surface area (Å²) >= 11 is 0. The van der Waals surface area contributed by atoms with Gasteiger partial charge in [0.15, 0.2) is 0 Å². The van der Waals surface area contributed by atoms with E-state index in [-0.39, 0.29) is 17.5 Å². The van der Waals surface area contributed by atoms with E-state index in [2.05, 4.69) is 187 Å². The van der Waals surface area contributed by atoms with Crippen LogP contribution in [0.15, 0.2) is 206 Å². The fraction of sp³-hybridized carbons (Fsp3) is 0.0545. The Morgan fingerprint density at radius 3 is 1.74 bits per heavy atom. The van der Waals surface area contributed by atoms with Crippen molar-refractivity contribution in [3.63, 3.8) is 0 Å². The third kappa shape index (κ3) is 6.07. The fourth-order valence-corrected chi connectivity index (χ4v) is 8.67. The van der Waals surface area contributed by atoms with Gasteiger partial charge in [-0.05, 0) is 99.1 Å². The van der Waals surface area contributed by atoms with Crippen LogP contribution in [0.2, 0.25) is 0 Å². The van der Waals surface area contributed by atoms with Crippen LogP contribution in [0.5, 0.6) is 0 Å². The Labute approximate surface area is 338 Å². The number of benzene rings is 8. The predicted molar refractivity (Wildman–Crippen MR) is 242 cm³/mol. The van der Waals surface area contributed by atoms with Crippen molar-refractivity contribution in [3.05, 3.63) is 229 Å². The Morgan fingerprint density at radius 1 is 0.474 bits per heavy atom. The Kier molecular flexibility index (Phi) is 7.98. The van der Waals surface area contributed by atoms with Gasteiger partial charge >= 0.3 is 0 Å². The lowest BCUT2D eigenvalue weighted by atomic mass is 9.82. The van der Waals surface area contributed by atoms with E-state index in [1.165, 1.54) is 22.3 Å². The second kappa shape index (κ2) is 14.2. The van der Waals surface area contributed by atoms with Gasteiger partial charge in [-0.3, -0.25) is 0 Å². The van der Waals surface area contributed by atoms with E-state index in [0.29, 0.717) is 11.1 Å². The molecule has 0 atom stereocenters. The van der Waals surface area contributed by atoms with Crippen LogP contribution < -0.4 is 4.90 Å². The Morgan fingerprint density at radius 2 is 1.02 bits per heavy atom. The zero-order chi connectivity index (χ0) is 40.1. The van der Waals surface area contributed by atoms with E-state index < -0.39 is 0 Å². The second-order valence-corrected chi connectivity index (χ2v) is 15.2. The van der Waals surface area contributed by atoms with E-state index in [9.17, 15) is 2.74 Å². The SMILES string of the molecule is [2H]/C(=C(/[2H])c1ccc2c(-c3ccccc3)c(-c3ccccc3)n(-c3ccccc3)c2c1)c1ccc(N(c2ccccc2)c2ccc3c(c2)C(C)(C)c2ccccc2-3)cc1. The average molecular weight is 733 g/mol. The lowest BCUT2D eigenvalue weighted by molar-refractivity contribution is 0.660. The molecule has 0 unspecified atom stereocenters. The van der Waals surface area contributed by atoms with E-state index in [4.69, 9.17) is 0 Å². The molecule has 1 aliphatic carbocycles. The van der Waals surface area contributed by atoms with Crippen molar-refractivity contribution in [1.29, 1.82) is 0 Å².